The average molecular weight is 543 g/mol. The van der Waals surface area contributed by atoms with Crippen LogP contribution in [0, 0.1) is 5.92 Å². The number of hydrogen-bond donors (Lipinski definition) is 0. The molecule has 2 aromatic heterocycles. The number of carbonyl (C=O) groups excluding carboxylic acids is 2. The van der Waals surface area contributed by atoms with Gasteiger partial charge in [0, 0.05) is 16.5 Å². The van der Waals surface area contributed by atoms with E-state index in [4.69, 9.17) is 19.4 Å². The Morgan fingerprint density at radius 2 is 1.43 bits per heavy atom. The summed E-state index contributed by atoms with van der Waals surface area (Å²) in [7, 11) is 0. The second-order valence-electron chi connectivity index (χ2n) is 11.2. The van der Waals surface area contributed by atoms with Gasteiger partial charge in [-0.25, -0.2) is 14.6 Å². The highest BCUT2D eigenvalue weighted by atomic mass is 16.5. The van der Waals surface area contributed by atoms with Crippen molar-refractivity contribution in [1.82, 2.24) is 9.97 Å². The number of fused-ring (bicyclic) bond motifs is 1. The highest BCUT2D eigenvalue weighted by Crippen LogP contribution is 2.40. The summed E-state index contributed by atoms with van der Waals surface area (Å²) in [4.78, 5) is 37.2. The fourth-order valence-corrected chi connectivity index (χ4v) is 5.75. The van der Waals surface area contributed by atoms with Gasteiger partial charge >= 0.3 is 11.9 Å². The first-order valence-corrected chi connectivity index (χ1v) is 14.7. The van der Waals surface area contributed by atoms with Gasteiger partial charge in [0.1, 0.15) is 0 Å². The van der Waals surface area contributed by atoms with E-state index in [1.165, 1.54) is 19.3 Å². The Morgan fingerprint density at radius 3 is 1.95 bits per heavy atom. The van der Waals surface area contributed by atoms with Crippen molar-refractivity contribution < 1.29 is 19.1 Å². The SMILES string of the molecule is C=C(c1cccc2ccc(-c3c(C(=O)OCC)c(C(C)C)nc(C(C)C)c3C(=O)OCC)nc12)C1CCCCC1. The van der Waals surface area contributed by atoms with Crippen molar-refractivity contribution in [3.8, 4) is 11.3 Å². The zero-order chi connectivity index (χ0) is 29.0. The minimum absolute atomic E-state index is 0.0889. The van der Waals surface area contributed by atoms with Gasteiger partial charge in [-0.3, -0.25) is 4.98 Å². The van der Waals surface area contributed by atoms with Gasteiger partial charge in [-0.05, 0) is 56.1 Å². The fourth-order valence-electron chi connectivity index (χ4n) is 5.75. The van der Waals surface area contributed by atoms with Gasteiger partial charge in [0.15, 0.2) is 0 Å². The summed E-state index contributed by atoms with van der Waals surface area (Å²) in [5.74, 6) is -0.785. The van der Waals surface area contributed by atoms with Gasteiger partial charge in [0.05, 0.1) is 46.9 Å². The normalized spacial score (nSPS) is 14.1. The molecule has 212 valence electrons. The maximum atomic E-state index is 13.6. The number of hydrogen-bond acceptors (Lipinski definition) is 6. The molecule has 3 aromatic rings. The summed E-state index contributed by atoms with van der Waals surface area (Å²) >= 11 is 0. The maximum Gasteiger partial charge on any atom is 0.340 e. The van der Waals surface area contributed by atoms with E-state index < -0.39 is 11.9 Å². The Balaban J connectivity index is 2.07. The molecule has 0 atom stereocenters. The third-order valence-electron chi connectivity index (χ3n) is 7.73. The largest absolute Gasteiger partial charge is 0.462 e. The molecule has 6 heteroatoms. The molecule has 0 saturated heterocycles. The topological polar surface area (TPSA) is 78.4 Å². The van der Waals surface area contributed by atoms with Crippen molar-refractivity contribution >= 4 is 28.4 Å². The number of rotatable bonds is 9. The fraction of sp³-hybridized carbons (Fsp3) is 0.471. The first kappa shape index (κ1) is 29.4. The van der Waals surface area contributed by atoms with Crippen molar-refractivity contribution in [1.29, 1.82) is 0 Å². The number of nitrogens with zero attached hydrogens (tertiary/aromatic N) is 2. The molecule has 1 aliphatic carbocycles. The summed E-state index contributed by atoms with van der Waals surface area (Å²) in [6.07, 6.45) is 5.97. The van der Waals surface area contributed by atoms with Crippen LogP contribution in [0.25, 0.3) is 27.7 Å². The van der Waals surface area contributed by atoms with Gasteiger partial charge < -0.3 is 9.47 Å². The molecule has 0 unspecified atom stereocenters. The summed E-state index contributed by atoms with van der Waals surface area (Å²) < 4.78 is 11.1. The van der Waals surface area contributed by atoms with Crippen LogP contribution in [0.3, 0.4) is 0 Å². The molecule has 2 heterocycles. The van der Waals surface area contributed by atoms with E-state index in [0.29, 0.717) is 28.6 Å². The second kappa shape index (κ2) is 12.8. The van der Waals surface area contributed by atoms with E-state index >= 15 is 0 Å². The zero-order valence-corrected chi connectivity index (χ0v) is 24.8. The van der Waals surface area contributed by atoms with E-state index in [1.807, 2.05) is 52.0 Å². The molecule has 0 N–H and O–H groups in total. The number of esters is 2. The Labute approximate surface area is 238 Å². The molecule has 0 spiro atoms. The number of para-hydroxylation sites is 1. The predicted molar refractivity (Wildman–Crippen MR) is 161 cm³/mol. The molecular weight excluding hydrogens is 500 g/mol. The molecule has 0 radical (unpaired) electrons. The molecule has 1 fully saturated rings. The molecule has 6 nitrogen and oxygen atoms in total. The van der Waals surface area contributed by atoms with Crippen molar-refractivity contribution in [2.24, 2.45) is 5.92 Å². The summed E-state index contributed by atoms with van der Waals surface area (Å²) in [6.45, 7) is 16.4. The predicted octanol–water partition coefficient (Wildman–Crippen LogP) is 8.49. The molecule has 0 bridgehead atoms. The van der Waals surface area contributed by atoms with Crippen LogP contribution in [0.1, 0.15) is 123 Å². The van der Waals surface area contributed by atoms with E-state index in [9.17, 15) is 9.59 Å². The van der Waals surface area contributed by atoms with Crippen LogP contribution < -0.4 is 0 Å². The Bertz CT molecular complexity index is 1370. The summed E-state index contributed by atoms with van der Waals surface area (Å²) in [5.41, 5.74) is 5.62. The Kier molecular flexibility index (Phi) is 9.39. The minimum Gasteiger partial charge on any atom is -0.462 e. The molecule has 4 rings (SSSR count). The number of ether oxygens (including phenoxy) is 2. The van der Waals surface area contributed by atoms with Crippen LogP contribution in [-0.4, -0.2) is 35.1 Å². The summed E-state index contributed by atoms with van der Waals surface area (Å²) in [6, 6.07) is 10.0. The van der Waals surface area contributed by atoms with E-state index in [2.05, 4.69) is 12.6 Å². The van der Waals surface area contributed by atoms with Gasteiger partial charge in [-0.15, -0.1) is 0 Å². The zero-order valence-electron chi connectivity index (χ0n) is 24.8. The highest BCUT2D eigenvalue weighted by Gasteiger charge is 2.33. The van der Waals surface area contributed by atoms with Gasteiger partial charge in [-0.1, -0.05) is 77.8 Å². The lowest BCUT2D eigenvalue weighted by molar-refractivity contribution is 0.0523. The number of pyridine rings is 2. The number of aromatic nitrogens is 2. The van der Waals surface area contributed by atoms with Crippen molar-refractivity contribution in [2.45, 2.75) is 85.5 Å². The third-order valence-corrected chi connectivity index (χ3v) is 7.73. The lowest BCUT2D eigenvalue weighted by atomic mass is 9.81. The van der Waals surface area contributed by atoms with Crippen LogP contribution in [0.2, 0.25) is 0 Å². The van der Waals surface area contributed by atoms with Gasteiger partial charge in [-0.2, -0.15) is 0 Å². The molecule has 1 aromatic carbocycles. The Hall–Kier alpha value is -3.54. The van der Waals surface area contributed by atoms with E-state index in [-0.39, 0.29) is 36.2 Å². The first-order valence-electron chi connectivity index (χ1n) is 14.7. The lowest BCUT2D eigenvalue weighted by Crippen LogP contribution is -2.21. The van der Waals surface area contributed by atoms with Crippen molar-refractivity contribution in [3.05, 3.63) is 65.0 Å². The third kappa shape index (κ3) is 5.81. The van der Waals surface area contributed by atoms with Crippen LogP contribution in [0.5, 0.6) is 0 Å². The smallest absolute Gasteiger partial charge is 0.340 e. The monoisotopic (exact) mass is 542 g/mol. The minimum atomic E-state index is -0.517. The first-order chi connectivity index (χ1) is 19.2. The standard InChI is InChI=1S/C34H42N2O4/c1-8-39-33(37)28-27(29(34(38)40-9-2)31(21(5)6)36-30(28)20(3)4)26-19-18-24-16-13-17-25(32(24)35-26)22(7)23-14-11-10-12-15-23/h13,16-21,23H,7-12,14-15H2,1-6H3. The van der Waals surface area contributed by atoms with Crippen LogP contribution in [-0.2, 0) is 9.47 Å². The van der Waals surface area contributed by atoms with Crippen LogP contribution >= 0.6 is 0 Å². The van der Waals surface area contributed by atoms with Crippen LogP contribution in [0.4, 0.5) is 0 Å². The number of allylic oxidation sites excluding steroid dienone is 1. The average Bonchev–Trinajstić information content (AvgIpc) is 2.95. The van der Waals surface area contributed by atoms with E-state index in [1.54, 1.807) is 13.8 Å². The molecular formula is C34H42N2O4. The Morgan fingerprint density at radius 1 is 0.850 bits per heavy atom. The van der Waals surface area contributed by atoms with Gasteiger partial charge in [0.25, 0.3) is 0 Å². The second-order valence-corrected chi connectivity index (χ2v) is 11.2. The number of benzene rings is 1. The molecule has 1 aliphatic rings. The van der Waals surface area contributed by atoms with Crippen molar-refractivity contribution in [3.63, 3.8) is 0 Å². The maximum absolute atomic E-state index is 13.6. The molecule has 1 saturated carbocycles. The highest BCUT2D eigenvalue weighted by molar-refractivity contribution is 6.07. The lowest BCUT2D eigenvalue weighted by Gasteiger charge is -2.25. The molecule has 40 heavy (non-hydrogen) atoms. The van der Waals surface area contributed by atoms with Crippen molar-refractivity contribution in [2.75, 3.05) is 13.2 Å². The van der Waals surface area contributed by atoms with Crippen LogP contribution in [0.15, 0.2) is 36.9 Å². The summed E-state index contributed by atoms with van der Waals surface area (Å²) in [5, 5.41) is 0.982. The van der Waals surface area contributed by atoms with E-state index in [0.717, 1.165) is 34.9 Å². The number of carbonyl (C=O) groups is 2. The van der Waals surface area contributed by atoms with Gasteiger partial charge in [0.2, 0.25) is 0 Å². The molecule has 0 aliphatic heterocycles. The quantitative estimate of drug-likeness (QED) is 0.252. The molecule has 0 amide bonds.